The lowest BCUT2D eigenvalue weighted by Crippen LogP contribution is -2.47. The standard InChI is InChI=1S/C19H29F2N3O2/c1-26-19-14(11-15(20)13-18(19)21)12-17(3-2-6-22)23-16-4-7-24(8-5-16)9-10-25/h6,11,13,16-17,22-23,25H,2-5,7-10,12H2,1H3. The van der Waals surface area contributed by atoms with Gasteiger partial charge in [0.25, 0.3) is 0 Å². The maximum absolute atomic E-state index is 13.9. The highest BCUT2D eigenvalue weighted by Gasteiger charge is 2.23. The van der Waals surface area contributed by atoms with Crippen LogP contribution in [0.25, 0.3) is 0 Å². The minimum atomic E-state index is -0.689. The Morgan fingerprint density at radius 3 is 2.73 bits per heavy atom. The molecule has 0 aliphatic carbocycles. The average Bonchev–Trinajstić information content (AvgIpc) is 2.61. The van der Waals surface area contributed by atoms with E-state index in [9.17, 15) is 8.78 Å². The Labute approximate surface area is 153 Å². The molecule has 2 rings (SSSR count). The zero-order chi connectivity index (χ0) is 18.9. The predicted molar refractivity (Wildman–Crippen MR) is 98.1 cm³/mol. The van der Waals surface area contributed by atoms with E-state index in [0.29, 0.717) is 31.0 Å². The van der Waals surface area contributed by atoms with Gasteiger partial charge in [-0.15, -0.1) is 0 Å². The molecule has 1 aromatic carbocycles. The molecule has 0 spiro atoms. The number of likely N-dealkylation sites (tertiary alicyclic amines) is 1. The molecule has 7 heteroatoms. The maximum atomic E-state index is 13.9. The number of β-amino-alcohol motifs (C(OH)–C–C–N with tert-alkyl or cyclic N) is 1. The zero-order valence-corrected chi connectivity index (χ0v) is 15.3. The summed E-state index contributed by atoms with van der Waals surface area (Å²) in [5.74, 6) is -1.21. The van der Waals surface area contributed by atoms with Crippen LogP contribution >= 0.6 is 0 Å². The van der Waals surface area contributed by atoms with E-state index >= 15 is 0 Å². The number of halogens is 2. The van der Waals surface area contributed by atoms with Gasteiger partial charge in [0.05, 0.1) is 13.7 Å². The molecule has 0 saturated carbocycles. The zero-order valence-electron chi connectivity index (χ0n) is 15.3. The minimum absolute atomic E-state index is 0.0149. The monoisotopic (exact) mass is 369 g/mol. The van der Waals surface area contributed by atoms with Gasteiger partial charge in [-0.05, 0) is 57.5 Å². The molecular formula is C19H29F2N3O2. The molecule has 0 bridgehead atoms. The third-order valence-electron chi connectivity index (χ3n) is 4.89. The first-order valence-corrected chi connectivity index (χ1v) is 9.17. The molecule has 26 heavy (non-hydrogen) atoms. The van der Waals surface area contributed by atoms with Crippen molar-refractivity contribution in [1.82, 2.24) is 10.2 Å². The predicted octanol–water partition coefficient (Wildman–Crippen LogP) is 2.36. The highest BCUT2D eigenvalue weighted by Crippen LogP contribution is 2.26. The van der Waals surface area contributed by atoms with E-state index in [2.05, 4.69) is 10.2 Å². The van der Waals surface area contributed by atoms with E-state index < -0.39 is 11.6 Å². The number of hydrogen-bond donors (Lipinski definition) is 3. The summed E-state index contributed by atoms with van der Waals surface area (Å²) in [5, 5.41) is 19.9. The van der Waals surface area contributed by atoms with E-state index in [1.807, 2.05) is 0 Å². The van der Waals surface area contributed by atoms with Crippen LogP contribution in [-0.4, -0.2) is 61.7 Å². The van der Waals surface area contributed by atoms with Gasteiger partial charge in [-0.1, -0.05) is 0 Å². The second kappa shape index (κ2) is 10.5. The van der Waals surface area contributed by atoms with Gasteiger partial charge in [-0.2, -0.15) is 0 Å². The van der Waals surface area contributed by atoms with E-state index in [4.69, 9.17) is 15.3 Å². The summed E-state index contributed by atoms with van der Waals surface area (Å²) in [6, 6.07) is 2.50. The molecule has 1 saturated heterocycles. The van der Waals surface area contributed by atoms with Crippen molar-refractivity contribution in [1.29, 1.82) is 5.41 Å². The summed E-state index contributed by atoms with van der Waals surface area (Å²) in [4.78, 5) is 2.23. The van der Waals surface area contributed by atoms with Crippen LogP contribution in [0, 0.1) is 17.0 Å². The lowest BCUT2D eigenvalue weighted by molar-refractivity contribution is 0.152. The Morgan fingerprint density at radius 1 is 1.38 bits per heavy atom. The van der Waals surface area contributed by atoms with E-state index in [1.165, 1.54) is 19.4 Å². The molecule has 1 aromatic rings. The number of piperidine rings is 1. The van der Waals surface area contributed by atoms with Crippen LogP contribution in [0.3, 0.4) is 0 Å². The fourth-order valence-electron chi connectivity index (χ4n) is 3.59. The molecule has 3 N–H and O–H groups in total. The topological polar surface area (TPSA) is 68.6 Å². The third kappa shape index (κ3) is 6.00. The summed E-state index contributed by atoms with van der Waals surface area (Å²) in [6.07, 6.45) is 5.08. The molecule has 146 valence electrons. The van der Waals surface area contributed by atoms with Crippen LogP contribution in [0.1, 0.15) is 31.2 Å². The maximum Gasteiger partial charge on any atom is 0.168 e. The quantitative estimate of drug-likeness (QED) is 0.554. The fraction of sp³-hybridized carbons (Fsp3) is 0.632. The molecule has 5 nitrogen and oxygen atoms in total. The number of hydrogen-bond acceptors (Lipinski definition) is 5. The van der Waals surface area contributed by atoms with Crippen molar-refractivity contribution in [2.24, 2.45) is 0 Å². The summed E-state index contributed by atoms with van der Waals surface area (Å²) < 4.78 is 32.7. The lowest BCUT2D eigenvalue weighted by atomic mass is 9.97. The van der Waals surface area contributed by atoms with Crippen molar-refractivity contribution < 1.29 is 18.6 Å². The Balaban J connectivity index is 2.03. The second-order valence-electron chi connectivity index (χ2n) is 6.77. The Hall–Kier alpha value is -1.57. The fourth-order valence-corrected chi connectivity index (χ4v) is 3.59. The van der Waals surface area contributed by atoms with E-state index in [0.717, 1.165) is 38.4 Å². The van der Waals surface area contributed by atoms with Gasteiger partial charge in [0.15, 0.2) is 11.6 Å². The minimum Gasteiger partial charge on any atom is -0.493 e. The van der Waals surface area contributed by atoms with Crippen molar-refractivity contribution in [2.45, 2.75) is 44.2 Å². The molecule has 0 amide bonds. The van der Waals surface area contributed by atoms with E-state index in [1.54, 1.807) is 0 Å². The van der Waals surface area contributed by atoms with Crippen molar-refractivity contribution in [2.75, 3.05) is 33.4 Å². The van der Waals surface area contributed by atoms with Crippen LogP contribution in [0.2, 0.25) is 0 Å². The number of rotatable bonds is 10. The Bertz CT molecular complexity index is 578. The van der Waals surface area contributed by atoms with Gasteiger partial charge in [0, 0.05) is 30.3 Å². The van der Waals surface area contributed by atoms with Crippen LogP contribution in [0.15, 0.2) is 12.1 Å². The number of nitrogens with zero attached hydrogens (tertiary/aromatic N) is 1. The third-order valence-corrected chi connectivity index (χ3v) is 4.89. The highest BCUT2D eigenvalue weighted by atomic mass is 19.1. The van der Waals surface area contributed by atoms with E-state index in [-0.39, 0.29) is 18.4 Å². The molecule has 1 heterocycles. The van der Waals surface area contributed by atoms with Gasteiger partial charge >= 0.3 is 0 Å². The number of ether oxygens (including phenoxy) is 1. The normalized spacial score (nSPS) is 17.2. The number of benzene rings is 1. The molecule has 0 radical (unpaired) electrons. The SMILES string of the molecule is COc1c(F)cc(F)cc1CC(CCC=N)NC1CCN(CCO)CC1. The number of methoxy groups -OCH3 is 1. The summed E-state index contributed by atoms with van der Waals surface area (Å²) in [5.41, 5.74) is 0.505. The van der Waals surface area contributed by atoms with Crippen molar-refractivity contribution in [3.05, 3.63) is 29.3 Å². The van der Waals surface area contributed by atoms with Crippen molar-refractivity contribution >= 4 is 6.21 Å². The second-order valence-corrected chi connectivity index (χ2v) is 6.77. The molecule has 0 aromatic heterocycles. The first kappa shape index (κ1) is 20.7. The molecular weight excluding hydrogens is 340 g/mol. The van der Waals surface area contributed by atoms with Crippen molar-refractivity contribution in [3.8, 4) is 5.75 Å². The average molecular weight is 369 g/mol. The van der Waals surface area contributed by atoms with Gasteiger partial charge in [0.1, 0.15) is 5.82 Å². The Morgan fingerprint density at radius 2 is 2.12 bits per heavy atom. The summed E-state index contributed by atoms with van der Waals surface area (Å²) in [6.45, 7) is 2.72. The molecule has 1 unspecified atom stereocenters. The number of nitrogens with one attached hydrogen (secondary N) is 2. The smallest absolute Gasteiger partial charge is 0.168 e. The van der Waals surface area contributed by atoms with Gasteiger partial charge < -0.3 is 25.5 Å². The van der Waals surface area contributed by atoms with Gasteiger partial charge in [-0.3, -0.25) is 0 Å². The highest BCUT2D eigenvalue weighted by molar-refractivity contribution is 5.52. The van der Waals surface area contributed by atoms with Crippen molar-refractivity contribution in [3.63, 3.8) is 0 Å². The number of aliphatic hydroxyl groups excluding tert-OH is 1. The molecule has 1 aliphatic heterocycles. The molecule has 1 atom stereocenters. The van der Waals surface area contributed by atoms with Crippen LogP contribution < -0.4 is 10.1 Å². The largest absolute Gasteiger partial charge is 0.493 e. The van der Waals surface area contributed by atoms with Crippen LogP contribution in [-0.2, 0) is 6.42 Å². The molecule has 1 fully saturated rings. The summed E-state index contributed by atoms with van der Waals surface area (Å²) >= 11 is 0. The van der Waals surface area contributed by atoms with Crippen LogP contribution in [0.5, 0.6) is 5.75 Å². The van der Waals surface area contributed by atoms with Gasteiger partial charge in [-0.25, -0.2) is 8.78 Å². The lowest BCUT2D eigenvalue weighted by Gasteiger charge is -2.34. The first-order valence-electron chi connectivity index (χ1n) is 9.17. The number of aliphatic hydroxyl groups is 1. The van der Waals surface area contributed by atoms with Gasteiger partial charge in [0.2, 0.25) is 0 Å². The summed E-state index contributed by atoms with van der Waals surface area (Å²) in [7, 11) is 1.39. The first-order chi connectivity index (χ1) is 12.6. The Kier molecular flexibility index (Phi) is 8.41. The van der Waals surface area contributed by atoms with Crippen LogP contribution in [0.4, 0.5) is 8.78 Å². The molecule has 1 aliphatic rings.